The fraction of sp³-hybridized carbons (Fsp3) is 0.100. The molecule has 4 heteroatoms. The van der Waals surface area contributed by atoms with E-state index in [4.69, 9.17) is 10.8 Å². The number of carboxylic acid groups (broad SMARTS) is 1. The number of carbonyl (C=O) groups is 1. The van der Waals surface area contributed by atoms with E-state index < -0.39 is 5.97 Å². The summed E-state index contributed by atoms with van der Waals surface area (Å²) in [7, 11) is 0. The Labute approximate surface area is 80.3 Å². The van der Waals surface area contributed by atoms with Crippen LogP contribution in [0.15, 0.2) is 18.2 Å². The van der Waals surface area contributed by atoms with Gasteiger partial charge in [-0.05, 0) is 19.1 Å². The molecule has 0 saturated heterocycles. The molecular formula is C10H10N2O2. The van der Waals surface area contributed by atoms with Crippen molar-refractivity contribution in [2.24, 2.45) is 0 Å². The SMILES string of the molecule is Cc1ccc2[nH]c(C(=O)O)c(N)c2c1. The zero-order chi connectivity index (χ0) is 10.3. The number of anilines is 1. The molecule has 0 aliphatic rings. The molecule has 1 heterocycles. The van der Waals surface area contributed by atoms with Gasteiger partial charge in [0.2, 0.25) is 0 Å². The fourth-order valence-corrected chi connectivity index (χ4v) is 1.50. The first kappa shape index (κ1) is 8.62. The lowest BCUT2D eigenvalue weighted by atomic mass is 10.1. The van der Waals surface area contributed by atoms with Gasteiger partial charge < -0.3 is 15.8 Å². The Morgan fingerprint density at radius 2 is 2.21 bits per heavy atom. The van der Waals surface area contributed by atoms with Crippen LogP contribution in [0.4, 0.5) is 5.69 Å². The van der Waals surface area contributed by atoms with Gasteiger partial charge in [0.15, 0.2) is 0 Å². The highest BCUT2D eigenvalue weighted by Gasteiger charge is 2.13. The van der Waals surface area contributed by atoms with Gasteiger partial charge in [-0.1, -0.05) is 11.6 Å². The summed E-state index contributed by atoms with van der Waals surface area (Å²) in [5.41, 5.74) is 7.87. The number of nitrogen functional groups attached to an aromatic ring is 1. The Kier molecular flexibility index (Phi) is 1.70. The lowest BCUT2D eigenvalue weighted by Gasteiger charge is -1.93. The Morgan fingerprint density at radius 3 is 2.86 bits per heavy atom. The van der Waals surface area contributed by atoms with Crippen molar-refractivity contribution in [3.05, 3.63) is 29.5 Å². The van der Waals surface area contributed by atoms with Crippen LogP contribution in [0.2, 0.25) is 0 Å². The van der Waals surface area contributed by atoms with E-state index in [1.807, 2.05) is 25.1 Å². The van der Waals surface area contributed by atoms with Crippen molar-refractivity contribution in [2.75, 3.05) is 5.73 Å². The van der Waals surface area contributed by atoms with Gasteiger partial charge in [-0.3, -0.25) is 0 Å². The van der Waals surface area contributed by atoms with E-state index in [1.54, 1.807) is 0 Å². The number of carboxylic acids is 1. The number of nitrogens with one attached hydrogen (secondary N) is 1. The van der Waals surface area contributed by atoms with Crippen LogP contribution in [0.3, 0.4) is 0 Å². The van der Waals surface area contributed by atoms with Crippen LogP contribution in [0.5, 0.6) is 0 Å². The highest BCUT2D eigenvalue weighted by atomic mass is 16.4. The number of aryl methyl sites for hydroxylation is 1. The van der Waals surface area contributed by atoms with Gasteiger partial charge in [0.25, 0.3) is 0 Å². The summed E-state index contributed by atoms with van der Waals surface area (Å²) in [6, 6.07) is 5.60. The third kappa shape index (κ3) is 1.12. The van der Waals surface area contributed by atoms with Gasteiger partial charge in [0.05, 0.1) is 5.69 Å². The fourth-order valence-electron chi connectivity index (χ4n) is 1.50. The topological polar surface area (TPSA) is 79.1 Å². The van der Waals surface area contributed by atoms with Crippen molar-refractivity contribution in [3.63, 3.8) is 0 Å². The van der Waals surface area contributed by atoms with Crippen LogP contribution in [0, 0.1) is 6.92 Å². The van der Waals surface area contributed by atoms with Crippen molar-refractivity contribution >= 4 is 22.6 Å². The molecule has 0 unspecified atom stereocenters. The van der Waals surface area contributed by atoms with Crippen LogP contribution < -0.4 is 5.73 Å². The van der Waals surface area contributed by atoms with Gasteiger partial charge in [0, 0.05) is 10.9 Å². The van der Waals surface area contributed by atoms with Crippen molar-refractivity contribution < 1.29 is 9.90 Å². The molecule has 2 aromatic rings. The summed E-state index contributed by atoms with van der Waals surface area (Å²) >= 11 is 0. The summed E-state index contributed by atoms with van der Waals surface area (Å²) in [6.07, 6.45) is 0. The van der Waals surface area contributed by atoms with Gasteiger partial charge in [0.1, 0.15) is 5.69 Å². The zero-order valence-electron chi connectivity index (χ0n) is 7.66. The standard InChI is InChI=1S/C10H10N2O2/c1-5-2-3-7-6(4-5)8(11)9(12-7)10(13)14/h2-4,12H,11H2,1H3,(H,13,14). The number of aromatic nitrogens is 1. The van der Waals surface area contributed by atoms with Gasteiger partial charge in [-0.15, -0.1) is 0 Å². The maximum absolute atomic E-state index is 10.8. The Balaban J connectivity index is 2.80. The molecule has 0 saturated carbocycles. The molecule has 0 aliphatic heterocycles. The quantitative estimate of drug-likeness (QED) is 0.641. The predicted octanol–water partition coefficient (Wildman–Crippen LogP) is 1.76. The molecule has 4 nitrogen and oxygen atoms in total. The number of aromatic carboxylic acids is 1. The summed E-state index contributed by atoms with van der Waals surface area (Å²) in [6.45, 7) is 1.94. The van der Waals surface area contributed by atoms with Crippen LogP contribution in [-0.4, -0.2) is 16.1 Å². The van der Waals surface area contributed by atoms with Crippen molar-refractivity contribution in [1.29, 1.82) is 0 Å². The van der Waals surface area contributed by atoms with E-state index in [2.05, 4.69) is 4.98 Å². The minimum atomic E-state index is -1.03. The maximum Gasteiger partial charge on any atom is 0.354 e. The van der Waals surface area contributed by atoms with Gasteiger partial charge >= 0.3 is 5.97 Å². The van der Waals surface area contributed by atoms with Crippen molar-refractivity contribution in [3.8, 4) is 0 Å². The first-order valence-electron chi connectivity index (χ1n) is 4.20. The highest BCUT2D eigenvalue weighted by Crippen LogP contribution is 2.25. The molecule has 2 rings (SSSR count). The number of rotatable bonds is 1. The molecule has 0 radical (unpaired) electrons. The largest absolute Gasteiger partial charge is 0.477 e. The average Bonchev–Trinajstić information content (AvgIpc) is 2.44. The van der Waals surface area contributed by atoms with Crippen molar-refractivity contribution in [2.45, 2.75) is 6.92 Å². The zero-order valence-corrected chi connectivity index (χ0v) is 7.66. The summed E-state index contributed by atoms with van der Waals surface area (Å²) < 4.78 is 0. The van der Waals surface area contributed by atoms with Gasteiger partial charge in [-0.2, -0.15) is 0 Å². The minimum Gasteiger partial charge on any atom is -0.477 e. The predicted molar refractivity (Wildman–Crippen MR) is 54.4 cm³/mol. The minimum absolute atomic E-state index is 0.0607. The third-order valence-corrected chi connectivity index (χ3v) is 2.21. The number of H-pyrrole nitrogens is 1. The highest BCUT2D eigenvalue weighted by molar-refractivity contribution is 6.04. The molecule has 0 bridgehead atoms. The molecule has 4 N–H and O–H groups in total. The van der Waals surface area contributed by atoms with Crippen molar-refractivity contribution in [1.82, 2.24) is 4.98 Å². The first-order valence-corrected chi connectivity index (χ1v) is 4.20. The second-order valence-corrected chi connectivity index (χ2v) is 3.27. The molecule has 72 valence electrons. The average molecular weight is 190 g/mol. The molecule has 1 aromatic heterocycles. The number of hydrogen-bond acceptors (Lipinski definition) is 2. The van der Waals surface area contributed by atoms with E-state index >= 15 is 0 Å². The Morgan fingerprint density at radius 1 is 1.50 bits per heavy atom. The normalized spacial score (nSPS) is 10.6. The number of nitrogens with two attached hydrogens (primary N) is 1. The number of benzene rings is 1. The Bertz CT molecular complexity index is 514. The van der Waals surface area contributed by atoms with Crippen LogP contribution in [0.25, 0.3) is 10.9 Å². The first-order chi connectivity index (χ1) is 6.59. The molecular weight excluding hydrogens is 180 g/mol. The van der Waals surface area contributed by atoms with Crippen LogP contribution >= 0.6 is 0 Å². The van der Waals surface area contributed by atoms with E-state index in [0.29, 0.717) is 5.69 Å². The summed E-state index contributed by atoms with van der Waals surface area (Å²) in [4.78, 5) is 13.5. The lowest BCUT2D eigenvalue weighted by Crippen LogP contribution is -2.00. The summed E-state index contributed by atoms with van der Waals surface area (Å²) in [5.74, 6) is -1.03. The molecule has 0 amide bonds. The monoisotopic (exact) mass is 190 g/mol. The van der Waals surface area contributed by atoms with Gasteiger partial charge in [-0.25, -0.2) is 4.79 Å². The molecule has 0 spiro atoms. The third-order valence-electron chi connectivity index (χ3n) is 2.21. The lowest BCUT2D eigenvalue weighted by molar-refractivity contribution is 0.0692. The molecule has 0 fully saturated rings. The van der Waals surface area contributed by atoms with Crippen LogP contribution in [0.1, 0.15) is 16.1 Å². The number of hydrogen-bond donors (Lipinski definition) is 3. The maximum atomic E-state index is 10.8. The molecule has 14 heavy (non-hydrogen) atoms. The van der Waals surface area contributed by atoms with E-state index in [-0.39, 0.29) is 5.69 Å². The second kappa shape index (κ2) is 2.77. The van der Waals surface area contributed by atoms with E-state index in [1.165, 1.54) is 0 Å². The van der Waals surface area contributed by atoms with E-state index in [9.17, 15) is 4.79 Å². The smallest absolute Gasteiger partial charge is 0.354 e. The number of aromatic amines is 1. The second-order valence-electron chi connectivity index (χ2n) is 3.27. The van der Waals surface area contributed by atoms with Crippen LogP contribution in [-0.2, 0) is 0 Å². The van der Waals surface area contributed by atoms with E-state index in [0.717, 1.165) is 16.5 Å². The molecule has 0 aliphatic carbocycles. The summed E-state index contributed by atoms with van der Waals surface area (Å²) in [5, 5.41) is 9.59. The molecule has 1 aromatic carbocycles. The number of fused-ring (bicyclic) bond motifs is 1. The molecule has 0 atom stereocenters. The Hall–Kier alpha value is -1.97.